The number of nitrogens with one attached hydrogen (secondary N) is 2. The number of anilines is 2. The maximum Gasteiger partial charge on any atom is 0.323 e. The fourth-order valence-electron chi connectivity index (χ4n) is 5.54. The van der Waals surface area contributed by atoms with Gasteiger partial charge in [-0.2, -0.15) is 4.31 Å². The number of aliphatic hydroxyl groups is 1. The van der Waals surface area contributed by atoms with E-state index >= 15 is 0 Å². The van der Waals surface area contributed by atoms with Crippen LogP contribution in [0.3, 0.4) is 0 Å². The van der Waals surface area contributed by atoms with Crippen LogP contribution in [0.5, 0.6) is 5.75 Å². The largest absolute Gasteiger partial charge is 0.490 e. The molecule has 0 radical (unpaired) electrons. The van der Waals surface area contributed by atoms with Gasteiger partial charge in [0.05, 0.1) is 35.3 Å². The molecule has 2 heterocycles. The second-order valence-corrected chi connectivity index (χ2v) is 15.0. The topological polar surface area (TPSA) is 164 Å². The highest BCUT2D eigenvalue weighted by Crippen LogP contribution is 2.29. The van der Waals surface area contributed by atoms with Crippen LogP contribution in [0.4, 0.5) is 16.2 Å². The minimum Gasteiger partial charge on any atom is -0.490 e. The number of likely N-dealkylation sites (N-methyl/N-ethyl adjacent to an activating group) is 1. The second-order valence-electron chi connectivity index (χ2n) is 12.5. The van der Waals surface area contributed by atoms with E-state index in [2.05, 4.69) is 15.8 Å². The number of amides is 3. The van der Waals surface area contributed by atoms with E-state index in [0.717, 1.165) is 12.8 Å². The predicted molar refractivity (Wildman–Crippen MR) is 187 cm³/mol. The summed E-state index contributed by atoms with van der Waals surface area (Å²) >= 11 is 5.98. The van der Waals surface area contributed by atoms with Crippen LogP contribution >= 0.6 is 11.6 Å². The van der Waals surface area contributed by atoms with Gasteiger partial charge in [0.15, 0.2) is 5.76 Å². The van der Waals surface area contributed by atoms with E-state index < -0.39 is 34.1 Å². The molecule has 3 aromatic rings. The molecule has 0 saturated carbocycles. The summed E-state index contributed by atoms with van der Waals surface area (Å²) in [6, 6.07) is 9.65. The fraction of sp³-hybridized carbons (Fsp3) is 0.500. The SMILES string of the molecule is Cc1noc(C)c1NC(=O)Nc1ccc2c(c1)C(=O)N([C@H](C)CO)C[C@H](C)[C@@H](CN(C)S(=O)(=O)c1ccc(Cl)cc1)OCCCC[C@H](C)O2. The molecule has 13 nitrogen and oxygen atoms in total. The Morgan fingerprint density at radius 3 is 2.51 bits per heavy atom. The second kappa shape index (κ2) is 16.8. The van der Waals surface area contributed by atoms with Crippen molar-refractivity contribution in [3.05, 3.63) is 64.5 Å². The van der Waals surface area contributed by atoms with Gasteiger partial charge in [-0.1, -0.05) is 23.7 Å². The van der Waals surface area contributed by atoms with Crippen molar-refractivity contribution in [2.24, 2.45) is 5.92 Å². The molecule has 49 heavy (non-hydrogen) atoms. The summed E-state index contributed by atoms with van der Waals surface area (Å²) in [5.74, 6) is 0.0151. The van der Waals surface area contributed by atoms with Crippen LogP contribution in [-0.4, -0.2) is 91.4 Å². The predicted octanol–water partition coefficient (Wildman–Crippen LogP) is 5.71. The summed E-state index contributed by atoms with van der Waals surface area (Å²) in [6.45, 7) is 9.16. The Morgan fingerprint density at radius 2 is 1.86 bits per heavy atom. The maximum atomic E-state index is 14.4. The standard InChI is InChI=1S/C34H46ClN5O8S/c1-21-18-40(22(2)20-41)33(42)29-17-27(36-34(43)37-32-24(4)38-48-25(32)5)12-15-30(29)47-23(3)9-7-8-16-46-31(21)19-39(6)49(44,45)28-13-10-26(35)11-14-28/h10-15,17,21-23,31,41H,7-9,16,18-20H2,1-6H3,(H2,36,37,43)/t21-,22+,23-,31+/m0/s1. The summed E-state index contributed by atoms with van der Waals surface area (Å²) < 4.78 is 45.8. The first-order chi connectivity index (χ1) is 23.2. The van der Waals surface area contributed by atoms with Crippen LogP contribution in [0, 0.1) is 19.8 Å². The summed E-state index contributed by atoms with van der Waals surface area (Å²) in [5.41, 5.74) is 1.51. The summed E-state index contributed by atoms with van der Waals surface area (Å²) in [4.78, 5) is 28.9. The molecule has 3 amide bonds. The summed E-state index contributed by atoms with van der Waals surface area (Å²) in [5, 5.41) is 20.0. The van der Waals surface area contributed by atoms with E-state index in [1.54, 1.807) is 39.0 Å². The fourth-order valence-corrected chi connectivity index (χ4v) is 6.85. The van der Waals surface area contributed by atoms with Gasteiger partial charge in [0, 0.05) is 43.4 Å². The van der Waals surface area contributed by atoms with Crippen LogP contribution in [0.25, 0.3) is 0 Å². The Bertz CT molecular complexity index is 1680. The molecule has 4 rings (SSSR count). The lowest BCUT2D eigenvalue weighted by atomic mass is 10.0. The van der Waals surface area contributed by atoms with Crippen molar-refractivity contribution in [2.45, 2.75) is 77.0 Å². The van der Waals surface area contributed by atoms with E-state index in [1.807, 2.05) is 13.8 Å². The normalized spacial score (nSPS) is 20.2. The van der Waals surface area contributed by atoms with Crippen molar-refractivity contribution >= 4 is 44.9 Å². The molecule has 268 valence electrons. The molecule has 0 aliphatic carbocycles. The Labute approximate surface area is 292 Å². The molecule has 0 spiro atoms. The number of halogens is 1. The quantitative estimate of drug-likeness (QED) is 0.265. The highest BCUT2D eigenvalue weighted by Gasteiger charge is 2.32. The molecule has 4 atom stereocenters. The number of fused-ring (bicyclic) bond motifs is 1. The zero-order valence-corrected chi connectivity index (χ0v) is 30.3. The number of rotatable bonds is 8. The van der Waals surface area contributed by atoms with Gasteiger partial charge in [-0.15, -0.1) is 0 Å². The first kappa shape index (κ1) is 38.1. The number of carbonyl (C=O) groups is 2. The Morgan fingerprint density at radius 1 is 1.14 bits per heavy atom. The lowest BCUT2D eigenvalue weighted by Gasteiger charge is -2.35. The van der Waals surface area contributed by atoms with Crippen molar-refractivity contribution in [3.8, 4) is 5.75 Å². The van der Waals surface area contributed by atoms with Crippen molar-refractivity contribution in [1.82, 2.24) is 14.4 Å². The first-order valence-corrected chi connectivity index (χ1v) is 18.1. The third-order valence-electron chi connectivity index (χ3n) is 8.54. The zero-order chi connectivity index (χ0) is 35.9. The monoisotopic (exact) mass is 719 g/mol. The lowest BCUT2D eigenvalue weighted by molar-refractivity contribution is -0.00833. The third kappa shape index (κ3) is 9.73. The van der Waals surface area contributed by atoms with Crippen molar-refractivity contribution in [3.63, 3.8) is 0 Å². The van der Waals surface area contributed by atoms with E-state index in [0.29, 0.717) is 46.6 Å². The van der Waals surface area contributed by atoms with Gasteiger partial charge in [0.2, 0.25) is 10.0 Å². The number of aryl methyl sites for hydroxylation is 2. The van der Waals surface area contributed by atoms with Crippen molar-refractivity contribution in [1.29, 1.82) is 0 Å². The zero-order valence-electron chi connectivity index (χ0n) is 28.7. The lowest BCUT2D eigenvalue weighted by Crippen LogP contribution is -2.48. The van der Waals surface area contributed by atoms with Gasteiger partial charge < -0.3 is 34.6 Å². The van der Waals surface area contributed by atoms with Crippen LogP contribution in [-0.2, 0) is 14.8 Å². The number of aromatic nitrogens is 1. The third-order valence-corrected chi connectivity index (χ3v) is 10.6. The van der Waals surface area contributed by atoms with Crippen LogP contribution in [0.2, 0.25) is 5.02 Å². The van der Waals surface area contributed by atoms with E-state index in [1.165, 1.54) is 40.5 Å². The molecule has 2 aromatic carbocycles. The van der Waals surface area contributed by atoms with Crippen LogP contribution in [0.15, 0.2) is 51.9 Å². The maximum absolute atomic E-state index is 14.4. The minimum absolute atomic E-state index is 0.0338. The average Bonchev–Trinajstić information content (AvgIpc) is 3.38. The smallest absolute Gasteiger partial charge is 0.323 e. The van der Waals surface area contributed by atoms with Gasteiger partial charge in [-0.05, 0) is 89.4 Å². The molecule has 15 heteroatoms. The minimum atomic E-state index is -3.86. The van der Waals surface area contributed by atoms with Crippen LogP contribution < -0.4 is 15.4 Å². The summed E-state index contributed by atoms with van der Waals surface area (Å²) in [7, 11) is -2.36. The number of urea groups is 1. The number of sulfonamides is 1. The van der Waals surface area contributed by atoms with E-state index in [4.69, 9.17) is 25.6 Å². The number of hydrogen-bond acceptors (Lipinski definition) is 9. The molecule has 1 aliphatic rings. The first-order valence-electron chi connectivity index (χ1n) is 16.3. The molecule has 0 saturated heterocycles. The Balaban J connectivity index is 1.63. The number of aliphatic hydroxyl groups excluding tert-OH is 1. The number of nitrogens with zero attached hydrogens (tertiary/aromatic N) is 3. The van der Waals surface area contributed by atoms with Gasteiger partial charge in [0.25, 0.3) is 5.91 Å². The molecule has 0 bridgehead atoms. The Hall–Kier alpha value is -3.69. The van der Waals surface area contributed by atoms with Gasteiger partial charge in [-0.25, -0.2) is 13.2 Å². The molecular weight excluding hydrogens is 674 g/mol. The molecule has 3 N–H and O–H groups in total. The number of ether oxygens (including phenoxy) is 2. The molecule has 1 aromatic heterocycles. The summed E-state index contributed by atoms with van der Waals surface area (Å²) in [6.07, 6.45) is 1.35. The van der Waals surface area contributed by atoms with E-state index in [-0.39, 0.29) is 42.2 Å². The van der Waals surface area contributed by atoms with E-state index in [9.17, 15) is 23.1 Å². The van der Waals surface area contributed by atoms with Crippen LogP contribution in [0.1, 0.15) is 61.8 Å². The highest BCUT2D eigenvalue weighted by molar-refractivity contribution is 7.89. The molecule has 1 aliphatic heterocycles. The van der Waals surface area contributed by atoms with Gasteiger partial charge in [-0.3, -0.25) is 4.79 Å². The van der Waals surface area contributed by atoms with Gasteiger partial charge in [0.1, 0.15) is 17.1 Å². The molecule has 0 unspecified atom stereocenters. The highest BCUT2D eigenvalue weighted by atomic mass is 35.5. The van der Waals surface area contributed by atoms with Crippen molar-refractivity contribution in [2.75, 3.05) is 44.0 Å². The number of carbonyl (C=O) groups excluding carboxylic acids is 2. The average molecular weight is 720 g/mol. The number of benzene rings is 2. The van der Waals surface area contributed by atoms with Crippen molar-refractivity contribution < 1.29 is 37.1 Å². The molecular formula is C34H46ClN5O8S. The number of hydrogen-bond donors (Lipinski definition) is 3. The molecule has 0 fully saturated rings. The van der Waals surface area contributed by atoms with Gasteiger partial charge >= 0.3 is 6.03 Å². The Kier molecular flexibility index (Phi) is 13.1.